The fraction of sp³-hybridized carbons (Fsp3) is 0.533. The van der Waals surface area contributed by atoms with Gasteiger partial charge in [0.1, 0.15) is 0 Å². The molecule has 1 amide bonds. The number of benzene rings is 1. The first-order valence-corrected chi connectivity index (χ1v) is 6.81. The largest absolute Gasteiger partial charge is 0.326 e. The van der Waals surface area contributed by atoms with Crippen LogP contribution in [0.3, 0.4) is 0 Å². The van der Waals surface area contributed by atoms with Gasteiger partial charge in [0, 0.05) is 12.1 Å². The normalized spacial score (nSPS) is 21.3. The number of rotatable bonds is 4. The first kappa shape index (κ1) is 13.1. The highest BCUT2D eigenvalue weighted by atomic mass is 16.1. The van der Waals surface area contributed by atoms with Gasteiger partial charge in [-0.15, -0.1) is 0 Å². The van der Waals surface area contributed by atoms with Gasteiger partial charge in [-0.1, -0.05) is 25.1 Å². The van der Waals surface area contributed by atoms with Crippen molar-refractivity contribution in [1.29, 1.82) is 0 Å². The van der Waals surface area contributed by atoms with E-state index in [0.29, 0.717) is 18.3 Å². The summed E-state index contributed by atoms with van der Waals surface area (Å²) in [7, 11) is 0. The van der Waals surface area contributed by atoms with E-state index >= 15 is 0 Å². The van der Waals surface area contributed by atoms with Gasteiger partial charge in [0.25, 0.3) is 0 Å². The summed E-state index contributed by atoms with van der Waals surface area (Å²) in [6.45, 7) is 4.36. The Labute approximate surface area is 109 Å². The molecule has 2 N–H and O–H groups in total. The Morgan fingerprint density at radius 2 is 2.22 bits per heavy atom. The molecule has 0 bridgehead atoms. The zero-order valence-electron chi connectivity index (χ0n) is 11.0. The lowest BCUT2D eigenvalue weighted by molar-refractivity contribution is -0.117. The van der Waals surface area contributed by atoms with Crippen LogP contribution in [0.1, 0.15) is 26.2 Å². The molecular weight excluding hydrogens is 224 g/mol. The van der Waals surface area contributed by atoms with Gasteiger partial charge in [-0.3, -0.25) is 4.79 Å². The summed E-state index contributed by atoms with van der Waals surface area (Å²) in [6.07, 6.45) is 3.09. The Bertz CT molecular complexity index is 371. The van der Waals surface area contributed by atoms with E-state index in [9.17, 15) is 4.79 Å². The zero-order valence-corrected chi connectivity index (χ0v) is 11.0. The third-order valence-corrected chi connectivity index (χ3v) is 3.70. The van der Waals surface area contributed by atoms with Crippen LogP contribution in [0.25, 0.3) is 0 Å². The molecule has 1 aliphatic rings. The Balaban J connectivity index is 1.79. The van der Waals surface area contributed by atoms with Crippen molar-refractivity contribution in [1.82, 2.24) is 5.32 Å². The minimum absolute atomic E-state index is 0.124. The topological polar surface area (TPSA) is 41.1 Å². The molecule has 18 heavy (non-hydrogen) atoms. The molecule has 3 nitrogen and oxygen atoms in total. The van der Waals surface area contributed by atoms with Crippen LogP contribution in [-0.2, 0) is 4.79 Å². The predicted molar refractivity (Wildman–Crippen MR) is 74.4 cm³/mol. The van der Waals surface area contributed by atoms with Gasteiger partial charge in [0.2, 0.25) is 5.91 Å². The lowest BCUT2D eigenvalue weighted by Gasteiger charge is -2.28. The second kappa shape index (κ2) is 6.55. The summed E-state index contributed by atoms with van der Waals surface area (Å²) < 4.78 is 0. The summed E-state index contributed by atoms with van der Waals surface area (Å²) in [5, 5.41) is 6.36. The number of para-hydroxylation sites is 1. The number of anilines is 1. The highest BCUT2D eigenvalue weighted by molar-refractivity contribution is 5.90. The van der Waals surface area contributed by atoms with Crippen LogP contribution < -0.4 is 10.6 Å². The molecule has 0 unspecified atom stereocenters. The molecule has 1 saturated heterocycles. The summed E-state index contributed by atoms with van der Waals surface area (Å²) >= 11 is 0. The van der Waals surface area contributed by atoms with Crippen molar-refractivity contribution in [3.05, 3.63) is 30.3 Å². The van der Waals surface area contributed by atoms with Crippen LogP contribution in [0.15, 0.2) is 30.3 Å². The van der Waals surface area contributed by atoms with Gasteiger partial charge in [0.05, 0.1) is 0 Å². The van der Waals surface area contributed by atoms with Crippen LogP contribution in [0.4, 0.5) is 5.69 Å². The van der Waals surface area contributed by atoms with Crippen LogP contribution in [0.5, 0.6) is 0 Å². The standard InChI is InChI=1S/C15H22N2O/c1-12(13-6-5-9-16-11-13)10-15(18)17-14-7-3-2-4-8-14/h2-4,7-8,12-13,16H,5-6,9-11H2,1H3,(H,17,18)/t12-,13-/m1/s1. The monoisotopic (exact) mass is 246 g/mol. The van der Waals surface area contributed by atoms with Crippen molar-refractivity contribution < 1.29 is 4.79 Å². The quantitative estimate of drug-likeness (QED) is 0.857. The van der Waals surface area contributed by atoms with E-state index in [1.54, 1.807) is 0 Å². The van der Waals surface area contributed by atoms with Crippen molar-refractivity contribution in [3.63, 3.8) is 0 Å². The zero-order chi connectivity index (χ0) is 12.8. The van der Waals surface area contributed by atoms with Gasteiger partial charge < -0.3 is 10.6 Å². The fourth-order valence-corrected chi connectivity index (χ4v) is 2.56. The van der Waals surface area contributed by atoms with E-state index in [0.717, 1.165) is 18.8 Å². The van der Waals surface area contributed by atoms with Gasteiger partial charge in [-0.25, -0.2) is 0 Å². The first-order chi connectivity index (χ1) is 8.75. The molecule has 1 heterocycles. The van der Waals surface area contributed by atoms with E-state index in [2.05, 4.69) is 17.6 Å². The van der Waals surface area contributed by atoms with Crippen molar-refractivity contribution in [2.75, 3.05) is 18.4 Å². The highest BCUT2D eigenvalue weighted by Gasteiger charge is 2.21. The van der Waals surface area contributed by atoms with Gasteiger partial charge in [0.15, 0.2) is 0 Å². The van der Waals surface area contributed by atoms with Crippen LogP contribution in [0, 0.1) is 11.8 Å². The third-order valence-electron chi connectivity index (χ3n) is 3.70. The number of amides is 1. The van der Waals surface area contributed by atoms with E-state index in [4.69, 9.17) is 0 Å². The van der Waals surface area contributed by atoms with Crippen molar-refractivity contribution in [2.24, 2.45) is 11.8 Å². The number of carbonyl (C=O) groups excluding carboxylic acids is 1. The molecule has 1 aromatic rings. The van der Waals surface area contributed by atoms with Gasteiger partial charge >= 0.3 is 0 Å². The molecule has 98 valence electrons. The molecule has 0 radical (unpaired) electrons. The molecule has 1 aromatic carbocycles. The predicted octanol–water partition coefficient (Wildman–Crippen LogP) is 2.65. The van der Waals surface area contributed by atoms with Gasteiger partial charge in [-0.2, -0.15) is 0 Å². The second-order valence-corrected chi connectivity index (χ2v) is 5.20. The first-order valence-electron chi connectivity index (χ1n) is 6.81. The van der Waals surface area contributed by atoms with Gasteiger partial charge in [-0.05, 0) is 49.9 Å². The lowest BCUT2D eigenvalue weighted by Crippen LogP contribution is -2.34. The molecule has 0 aromatic heterocycles. The number of piperidine rings is 1. The molecule has 3 heteroatoms. The Kier molecular flexibility index (Phi) is 4.76. The Morgan fingerprint density at radius 1 is 1.44 bits per heavy atom. The number of carbonyl (C=O) groups is 1. The summed E-state index contributed by atoms with van der Waals surface area (Å²) in [4.78, 5) is 11.9. The lowest BCUT2D eigenvalue weighted by atomic mass is 9.85. The second-order valence-electron chi connectivity index (χ2n) is 5.20. The molecule has 0 saturated carbocycles. The van der Waals surface area contributed by atoms with Crippen LogP contribution in [-0.4, -0.2) is 19.0 Å². The van der Waals surface area contributed by atoms with Crippen LogP contribution >= 0.6 is 0 Å². The SMILES string of the molecule is C[C@H](CC(=O)Nc1ccccc1)[C@@H]1CCCNC1. The van der Waals surface area contributed by atoms with Crippen molar-refractivity contribution in [2.45, 2.75) is 26.2 Å². The fourth-order valence-electron chi connectivity index (χ4n) is 2.56. The summed E-state index contributed by atoms with van der Waals surface area (Å²) in [5.74, 6) is 1.21. The Hall–Kier alpha value is -1.35. The average molecular weight is 246 g/mol. The highest BCUT2D eigenvalue weighted by Crippen LogP contribution is 2.22. The maximum atomic E-state index is 11.9. The Morgan fingerprint density at radius 3 is 2.89 bits per heavy atom. The molecule has 0 aliphatic carbocycles. The average Bonchev–Trinajstić information content (AvgIpc) is 2.40. The smallest absolute Gasteiger partial charge is 0.224 e. The van der Waals surface area contributed by atoms with E-state index in [1.165, 1.54) is 12.8 Å². The van der Waals surface area contributed by atoms with E-state index < -0.39 is 0 Å². The van der Waals surface area contributed by atoms with Crippen molar-refractivity contribution >= 4 is 11.6 Å². The molecule has 0 spiro atoms. The molecule has 1 fully saturated rings. The molecule has 2 rings (SSSR count). The summed E-state index contributed by atoms with van der Waals surface area (Å²) in [5.41, 5.74) is 0.886. The third kappa shape index (κ3) is 3.84. The van der Waals surface area contributed by atoms with Crippen LogP contribution in [0.2, 0.25) is 0 Å². The number of nitrogens with one attached hydrogen (secondary N) is 2. The number of hydrogen-bond acceptors (Lipinski definition) is 2. The molecule has 2 atom stereocenters. The minimum atomic E-state index is 0.124. The van der Waals surface area contributed by atoms with E-state index in [-0.39, 0.29) is 5.91 Å². The van der Waals surface area contributed by atoms with E-state index in [1.807, 2.05) is 30.3 Å². The molecule has 1 aliphatic heterocycles. The van der Waals surface area contributed by atoms with Crippen molar-refractivity contribution in [3.8, 4) is 0 Å². The number of hydrogen-bond donors (Lipinski definition) is 2. The minimum Gasteiger partial charge on any atom is -0.326 e. The summed E-state index contributed by atoms with van der Waals surface area (Å²) in [6, 6.07) is 9.66. The maximum absolute atomic E-state index is 11.9. The molecular formula is C15H22N2O. The maximum Gasteiger partial charge on any atom is 0.224 e.